The van der Waals surface area contributed by atoms with Gasteiger partial charge >= 0.3 is 6.03 Å². The molecule has 3 amide bonds. The number of methoxy groups -OCH3 is 1. The molecule has 0 aliphatic carbocycles. The number of nitrogens with one attached hydrogen (secondary N) is 3. The van der Waals surface area contributed by atoms with E-state index in [9.17, 15) is 9.59 Å². The van der Waals surface area contributed by atoms with Crippen molar-refractivity contribution in [2.45, 2.75) is 26.2 Å². The zero-order valence-corrected chi connectivity index (χ0v) is 20.9. The molecule has 0 radical (unpaired) electrons. The van der Waals surface area contributed by atoms with E-state index in [1.807, 2.05) is 20.8 Å². The zero-order chi connectivity index (χ0) is 26.0. The van der Waals surface area contributed by atoms with Crippen molar-refractivity contribution in [3.8, 4) is 5.75 Å². The molecule has 0 bridgehead atoms. The van der Waals surface area contributed by atoms with Crippen molar-refractivity contribution in [3.63, 3.8) is 0 Å². The number of halogens is 1. The Morgan fingerprint density at radius 2 is 1.83 bits per heavy atom. The molecule has 11 heteroatoms. The van der Waals surface area contributed by atoms with E-state index in [-0.39, 0.29) is 11.0 Å². The van der Waals surface area contributed by atoms with Gasteiger partial charge in [0, 0.05) is 40.5 Å². The SMILES string of the molecule is COc1cc2nccc(Nc3ccc(NC(=O)Nc4cc(C(C)(C)C)on4)c(Cl)c3)c2cc1C(N)=O. The number of nitrogens with two attached hydrogens (primary N) is 1. The molecule has 186 valence electrons. The lowest BCUT2D eigenvalue weighted by molar-refractivity contribution is 0.0997. The van der Waals surface area contributed by atoms with E-state index in [0.717, 1.165) is 0 Å². The lowest BCUT2D eigenvalue weighted by atomic mass is 9.93. The number of primary amides is 1. The quantitative estimate of drug-likeness (QED) is 0.262. The van der Waals surface area contributed by atoms with Crippen LogP contribution < -0.4 is 26.4 Å². The van der Waals surface area contributed by atoms with Crippen LogP contribution in [-0.2, 0) is 5.41 Å². The van der Waals surface area contributed by atoms with Crippen molar-refractivity contribution in [3.05, 3.63) is 65.0 Å². The Kier molecular flexibility index (Phi) is 6.71. The molecule has 36 heavy (non-hydrogen) atoms. The van der Waals surface area contributed by atoms with Gasteiger partial charge < -0.3 is 25.6 Å². The highest BCUT2D eigenvalue weighted by atomic mass is 35.5. The maximum atomic E-state index is 12.4. The number of carbonyl (C=O) groups excluding carboxylic acids is 2. The van der Waals surface area contributed by atoms with E-state index in [1.165, 1.54) is 7.11 Å². The Labute approximate surface area is 212 Å². The minimum atomic E-state index is -0.611. The van der Waals surface area contributed by atoms with E-state index in [4.69, 9.17) is 26.6 Å². The maximum absolute atomic E-state index is 12.4. The maximum Gasteiger partial charge on any atom is 0.324 e. The van der Waals surface area contributed by atoms with Gasteiger partial charge in [-0.1, -0.05) is 37.5 Å². The van der Waals surface area contributed by atoms with Crippen LogP contribution in [0.15, 0.2) is 53.2 Å². The van der Waals surface area contributed by atoms with Crippen molar-refractivity contribution < 1.29 is 18.8 Å². The first-order chi connectivity index (χ1) is 17.0. The molecule has 2 aromatic carbocycles. The number of rotatable bonds is 6. The molecule has 0 fully saturated rings. The molecule has 0 aliphatic heterocycles. The van der Waals surface area contributed by atoms with Crippen LogP contribution >= 0.6 is 11.6 Å². The molecule has 4 rings (SSSR count). The number of carbonyl (C=O) groups is 2. The third-order valence-electron chi connectivity index (χ3n) is 5.32. The summed E-state index contributed by atoms with van der Waals surface area (Å²) in [6.45, 7) is 5.94. The predicted molar refractivity (Wildman–Crippen MR) is 139 cm³/mol. The molecule has 5 N–H and O–H groups in total. The molecule has 0 spiro atoms. The molecule has 0 saturated carbocycles. The van der Waals surface area contributed by atoms with Gasteiger partial charge in [-0.15, -0.1) is 0 Å². The number of ether oxygens (including phenoxy) is 1. The van der Waals surface area contributed by atoms with Gasteiger partial charge in [-0.3, -0.25) is 15.1 Å². The summed E-state index contributed by atoms with van der Waals surface area (Å²) in [6.07, 6.45) is 1.63. The Morgan fingerprint density at radius 1 is 1.06 bits per heavy atom. The minimum Gasteiger partial charge on any atom is -0.496 e. The first-order valence-corrected chi connectivity index (χ1v) is 11.3. The highest BCUT2D eigenvalue weighted by Crippen LogP contribution is 2.33. The molecule has 0 unspecified atom stereocenters. The first kappa shape index (κ1) is 24.8. The second-order valence-electron chi connectivity index (χ2n) is 9.02. The Bertz CT molecular complexity index is 1460. The number of amides is 3. The summed E-state index contributed by atoms with van der Waals surface area (Å²) in [6, 6.07) is 11.3. The van der Waals surface area contributed by atoms with Crippen LogP contribution in [0.25, 0.3) is 10.9 Å². The molecule has 2 aromatic heterocycles. The van der Waals surface area contributed by atoms with Crippen molar-refractivity contribution in [2.24, 2.45) is 5.73 Å². The molecule has 0 saturated heterocycles. The van der Waals surface area contributed by atoms with Gasteiger partial charge in [0.1, 0.15) is 11.5 Å². The summed E-state index contributed by atoms with van der Waals surface area (Å²) in [5.74, 6) is 0.678. The van der Waals surface area contributed by atoms with Crippen LogP contribution in [0.1, 0.15) is 36.9 Å². The van der Waals surface area contributed by atoms with Crippen molar-refractivity contribution in [1.82, 2.24) is 10.1 Å². The largest absolute Gasteiger partial charge is 0.496 e. The number of pyridine rings is 1. The van der Waals surface area contributed by atoms with Gasteiger partial charge in [0.25, 0.3) is 5.91 Å². The molecule has 4 aromatic rings. The minimum absolute atomic E-state index is 0.233. The Balaban J connectivity index is 1.51. The highest BCUT2D eigenvalue weighted by molar-refractivity contribution is 6.34. The zero-order valence-electron chi connectivity index (χ0n) is 20.1. The molecule has 2 heterocycles. The monoisotopic (exact) mass is 508 g/mol. The predicted octanol–water partition coefficient (Wildman–Crippen LogP) is 5.67. The number of anilines is 4. The topological polar surface area (TPSA) is 144 Å². The molecular weight excluding hydrogens is 484 g/mol. The fourth-order valence-electron chi connectivity index (χ4n) is 3.45. The standard InChI is InChI=1S/C25H25ClN6O4/c1-25(2,3)21-12-22(32-36-21)31-24(34)30-18-6-5-13(9-16(18)26)29-17-7-8-28-19-11-20(35-4)15(23(27)33)10-14(17)19/h5-12H,1-4H3,(H2,27,33)(H,28,29)(H2,30,31,32,34). The van der Waals surface area contributed by atoms with Crippen LogP contribution in [-0.4, -0.2) is 29.2 Å². The van der Waals surface area contributed by atoms with Crippen LogP contribution in [0.3, 0.4) is 0 Å². The van der Waals surface area contributed by atoms with Crippen LogP contribution in [0.4, 0.5) is 27.7 Å². The van der Waals surface area contributed by atoms with Gasteiger partial charge in [-0.25, -0.2) is 4.79 Å². The molecular formula is C25H25ClN6O4. The average molecular weight is 509 g/mol. The van der Waals surface area contributed by atoms with E-state index < -0.39 is 11.9 Å². The van der Waals surface area contributed by atoms with Gasteiger partial charge in [-0.05, 0) is 30.3 Å². The number of hydrogen-bond donors (Lipinski definition) is 4. The number of fused-ring (bicyclic) bond motifs is 1. The Hall–Kier alpha value is -4.31. The second kappa shape index (κ2) is 9.74. The van der Waals surface area contributed by atoms with E-state index >= 15 is 0 Å². The third-order valence-corrected chi connectivity index (χ3v) is 5.63. The number of hydrogen-bond acceptors (Lipinski definition) is 7. The lowest BCUT2D eigenvalue weighted by Crippen LogP contribution is -2.19. The van der Waals surface area contributed by atoms with E-state index in [2.05, 4.69) is 26.1 Å². The number of nitrogens with zero attached hydrogens (tertiary/aromatic N) is 2. The Morgan fingerprint density at radius 3 is 2.47 bits per heavy atom. The number of benzene rings is 2. The highest BCUT2D eigenvalue weighted by Gasteiger charge is 2.20. The van der Waals surface area contributed by atoms with Crippen molar-refractivity contribution >= 4 is 57.3 Å². The average Bonchev–Trinajstić information content (AvgIpc) is 3.29. The summed E-state index contributed by atoms with van der Waals surface area (Å²) in [5.41, 5.74) is 7.87. The van der Waals surface area contributed by atoms with Crippen LogP contribution in [0.2, 0.25) is 5.02 Å². The fourth-order valence-corrected chi connectivity index (χ4v) is 3.68. The molecule has 0 atom stereocenters. The normalized spacial score (nSPS) is 11.2. The smallest absolute Gasteiger partial charge is 0.324 e. The summed E-state index contributed by atoms with van der Waals surface area (Å²) < 4.78 is 10.5. The lowest BCUT2D eigenvalue weighted by Gasteiger charge is -2.14. The van der Waals surface area contributed by atoms with E-state index in [0.29, 0.717) is 50.3 Å². The molecule has 0 aliphatic rings. The van der Waals surface area contributed by atoms with E-state index in [1.54, 1.807) is 48.7 Å². The van der Waals surface area contributed by atoms with Crippen molar-refractivity contribution in [2.75, 3.05) is 23.1 Å². The van der Waals surface area contributed by atoms with Gasteiger partial charge in [0.15, 0.2) is 5.82 Å². The van der Waals surface area contributed by atoms with Crippen molar-refractivity contribution in [1.29, 1.82) is 0 Å². The fraction of sp³-hybridized carbons (Fsp3) is 0.200. The number of urea groups is 1. The first-order valence-electron chi connectivity index (χ1n) is 10.9. The van der Waals surface area contributed by atoms with Crippen LogP contribution in [0.5, 0.6) is 5.75 Å². The van der Waals surface area contributed by atoms with Crippen LogP contribution in [0, 0.1) is 0 Å². The summed E-state index contributed by atoms with van der Waals surface area (Å²) >= 11 is 6.42. The summed E-state index contributed by atoms with van der Waals surface area (Å²) in [7, 11) is 1.46. The summed E-state index contributed by atoms with van der Waals surface area (Å²) in [5, 5.41) is 13.4. The van der Waals surface area contributed by atoms with Gasteiger partial charge in [0.2, 0.25) is 0 Å². The van der Waals surface area contributed by atoms with Gasteiger partial charge in [0.05, 0.1) is 28.9 Å². The number of aromatic nitrogens is 2. The second-order valence-corrected chi connectivity index (χ2v) is 9.42. The molecule has 10 nitrogen and oxygen atoms in total. The third kappa shape index (κ3) is 5.33. The summed E-state index contributed by atoms with van der Waals surface area (Å²) in [4.78, 5) is 28.6. The van der Waals surface area contributed by atoms with Gasteiger partial charge in [-0.2, -0.15) is 0 Å².